The molecular weight excluding hydrogens is 442 g/mol. The van der Waals surface area contributed by atoms with Crippen molar-refractivity contribution < 1.29 is 28.5 Å². The van der Waals surface area contributed by atoms with Gasteiger partial charge in [-0.25, -0.2) is 4.79 Å². The Balaban J connectivity index is 2.43. The maximum absolute atomic E-state index is 12.2. The highest BCUT2D eigenvalue weighted by molar-refractivity contribution is 9.10. The standard InChI is InChI=1S/C21H26BrNO6/c1-6-29-21(24)23-16(13-7-8-17(25-2)18(10-13)26-3)9-14-11-19(27-4)20(28-5)12-15(14)22/h7-8,10-12,16H,6,9H2,1-5H3,(H,23,24)/t16-/m1/s1. The Morgan fingerprint density at radius 3 is 2.10 bits per heavy atom. The van der Waals surface area contributed by atoms with Crippen molar-refractivity contribution in [2.45, 2.75) is 19.4 Å². The van der Waals surface area contributed by atoms with Crippen LogP contribution in [0.25, 0.3) is 0 Å². The number of hydrogen-bond acceptors (Lipinski definition) is 6. The highest BCUT2D eigenvalue weighted by Gasteiger charge is 2.21. The van der Waals surface area contributed by atoms with Crippen molar-refractivity contribution in [1.29, 1.82) is 0 Å². The van der Waals surface area contributed by atoms with E-state index in [9.17, 15) is 4.79 Å². The Kier molecular flexibility index (Phi) is 8.45. The summed E-state index contributed by atoms with van der Waals surface area (Å²) in [5.74, 6) is 2.41. The van der Waals surface area contributed by atoms with Gasteiger partial charge in [-0.2, -0.15) is 0 Å². The molecule has 0 aliphatic carbocycles. The van der Waals surface area contributed by atoms with Gasteiger partial charge < -0.3 is 29.0 Å². The molecule has 1 amide bonds. The zero-order chi connectivity index (χ0) is 21.4. The van der Waals surface area contributed by atoms with Crippen LogP contribution in [0.1, 0.15) is 24.1 Å². The molecule has 158 valence electrons. The highest BCUT2D eigenvalue weighted by atomic mass is 79.9. The summed E-state index contributed by atoms with van der Waals surface area (Å²) in [4.78, 5) is 12.2. The summed E-state index contributed by atoms with van der Waals surface area (Å²) in [6.45, 7) is 2.04. The molecule has 1 atom stereocenters. The Morgan fingerprint density at radius 2 is 1.52 bits per heavy atom. The normalized spacial score (nSPS) is 11.4. The lowest BCUT2D eigenvalue weighted by Gasteiger charge is -2.22. The monoisotopic (exact) mass is 467 g/mol. The Bertz CT molecular complexity index is 842. The minimum absolute atomic E-state index is 0.282. The molecule has 8 heteroatoms. The molecule has 0 bridgehead atoms. The van der Waals surface area contributed by atoms with Crippen molar-refractivity contribution in [3.05, 3.63) is 45.9 Å². The molecular formula is C21H26BrNO6. The van der Waals surface area contributed by atoms with E-state index >= 15 is 0 Å². The van der Waals surface area contributed by atoms with Gasteiger partial charge in [0.2, 0.25) is 0 Å². The van der Waals surface area contributed by atoms with Crippen LogP contribution in [0, 0.1) is 0 Å². The summed E-state index contributed by atoms with van der Waals surface area (Å²) in [6.07, 6.45) is -0.0150. The molecule has 0 heterocycles. The van der Waals surface area contributed by atoms with Crippen molar-refractivity contribution in [1.82, 2.24) is 5.32 Å². The van der Waals surface area contributed by atoms with Crippen molar-refractivity contribution >= 4 is 22.0 Å². The van der Waals surface area contributed by atoms with E-state index in [2.05, 4.69) is 21.2 Å². The largest absolute Gasteiger partial charge is 0.493 e. The first-order valence-corrected chi connectivity index (χ1v) is 9.82. The summed E-state index contributed by atoms with van der Waals surface area (Å²) in [6, 6.07) is 8.87. The molecule has 0 radical (unpaired) electrons. The number of carbonyl (C=O) groups excluding carboxylic acids is 1. The maximum atomic E-state index is 12.2. The van der Waals surface area contributed by atoms with E-state index in [1.165, 1.54) is 0 Å². The van der Waals surface area contributed by atoms with Crippen LogP contribution in [0.2, 0.25) is 0 Å². The van der Waals surface area contributed by atoms with Crippen molar-refractivity contribution in [3.8, 4) is 23.0 Å². The molecule has 2 rings (SSSR count). The summed E-state index contributed by atoms with van der Waals surface area (Å²) in [5, 5.41) is 2.91. The molecule has 0 spiro atoms. The van der Waals surface area contributed by atoms with Crippen LogP contribution in [0.5, 0.6) is 23.0 Å². The van der Waals surface area contributed by atoms with Gasteiger partial charge in [-0.15, -0.1) is 0 Å². The fourth-order valence-electron chi connectivity index (χ4n) is 2.91. The van der Waals surface area contributed by atoms with Gasteiger partial charge in [0.15, 0.2) is 23.0 Å². The average molecular weight is 468 g/mol. The molecule has 2 aromatic carbocycles. The zero-order valence-electron chi connectivity index (χ0n) is 17.2. The number of hydrogen-bond donors (Lipinski definition) is 1. The fourth-order valence-corrected chi connectivity index (χ4v) is 3.39. The second-order valence-electron chi connectivity index (χ2n) is 6.03. The van der Waals surface area contributed by atoms with E-state index in [1.54, 1.807) is 41.4 Å². The topological polar surface area (TPSA) is 75.3 Å². The Morgan fingerprint density at radius 1 is 0.931 bits per heavy atom. The number of benzene rings is 2. The molecule has 7 nitrogen and oxygen atoms in total. The number of rotatable bonds is 9. The molecule has 2 aromatic rings. The van der Waals surface area contributed by atoms with E-state index in [4.69, 9.17) is 23.7 Å². The van der Waals surface area contributed by atoms with Crippen LogP contribution in [0.3, 0.4) is 0 Å². The number of methoxy groups -OCH3 is 4. The second-order valence-corrected chi connectivity index (χ2v) is 6.89. The van der Waals surface area contributed by atoms with Crippen molar-refractivity contribution in [2.75, 3.05) is 35.0 Å². The van der Waals surface area contributed by atoms with Gasteiger partial charge >= 0.3 is 6.09 Å². The Labute approximate surface area is 179 Å². The van der Waals surface area contributed by atoms with Gasteiger partial charge in [-0.1, -0.05) is 22.0 Å². The first-order valence-electron chi connectivity index (χ1n) is 9.02. The quantitative estimate of drug-likeness (QED) is 0.584. The number of halogens is 1. The summed E-state index contributed by atoms with van der Waals surface area (Å²) >= 11 is 3.58. The molecule has 29 heavy (non-hydrogen) atoms. The summed E-state index contributed by atoms with van der Waals surface area (Å²) in [7, 11) is 6.31. The van der Waals surface area contributed by atoms with Crippen LogP contribution in [-0.4, -0.2) is 41.1 Å². The minimum atomic E-state index is -0.496. The molecule has 0 fully saturated rings. The third-order valence-electron chi connectivity index (χ3n) is 4.35. The fraction of sp³-hybridized carbons (Fsp3) is 0.381. The lowest BCUT2D eigenvalue weighted by molar-refractivity contribution is 0.148. The van der Waals surface area contributed by atoms with E-state index in [0.29, 0.717) is 29.4 Å². The first kappa shape index (κ1) is 22.7. The van der Waals surface area contributed by atoms with Crippen LogP contribution in [-0.2, 0) is 11.2 Å². The maximum Gasteiger partial charge on any atom is 0.407 e. The van der Waals surface area contributed by atoms with E-state index in [-0.39, 0.29) is 12.6 Å². The molecule has 0 aromatic heterocycles. The van der Waals surface area contributed by atoms with Gasteiger partial charge in [-0.05, 0) is 48.7 Å². The third-order valence-corrected chi connectivity index (χ3v) is 5.09. The number of carbonyl (C=O) groups is 1. The number of alkyl carbamates (subject to hydrolysis) is 1. The van der Waals surface area contributed by atoms with E-state index in [1.807, 2.05) is 24.3 Å². The van der Waals surface area contributed by atoms with Crippen LogP contribution in [0.4, 0.5) is 4.79 Å². The second kappa shape index (κ2) is 10.8. The zero-order valence-corrected chi connectivity index (χ0v) is 18.8. The molecule has 0 saturated heterocycles. The molecule has 1 N–H and O–H groups in total. The van der Waals surface area contributed by atoms with E-state index < -0.39 is 6.09 Å². The molecule has 0 aliphatic rings. The van der Waals surface area contributed by atoms with Crippen molar-refractivity contribution in [2.24, 2.45) is 0 Å². The first-order chi connectivity index (χ1) is 14.0. The third kappa shape index (κ3) is 5.69. The van der Waals surface area contributed by atoms with Crippen LogP contribution >= 0.6 is 15.9 Å². The van der Waals surface area contributed by atoms with Crippen molar-refractivity contribution in [3.63, 3.8) is 0 Å². The predicted octanol–water partition coefficient (Wildman–Crippen LogP) is 4.51. The van der Waals surface area contributed by atoms with Gasteiger partial charge in [0.1, 0.15) is 0 Å². The lowest BCUT2D eigenvalue weighted by atomic mass is 9.98. The predicted molar refractivity (Wildman–Crippen MR) is 113 cm³/mol. The number of amides is 1. The van der Waals surface area contributed by atoms with Gasteiger partial charge in [0.05, 0.1) is 41.1 Å². The molecule has 0 aliphatic heterocycles. The van der Waals surface area contributed by atoms with Gasteiger partial charge in [0, 0.05) is 4.47 Å². The minimum Gasteiger partial charge on any atom is -0.493 e. The lowest BCUT2D eigenvalue weighted by Crippen LogP contribution is -2.30. The average Bonchev–Trinajstić information content (AvgIpc) is 2.73. The smallest absolute Gasteiger partial charge is 0.407 e. The number of ether oxygens (including phenoxy) is 5. The Hall–Kier alpha value is -2.61. The molecule has 0 unspecified atom stereocenters. The SMILES string of the molecule is CCOC(=O)N[C@H](Cc1cc(OC)c(OC)cc1Br)c1ccc(OC)c(OC)c1. The molecule has 0 saturated carbocycles. The summed E-state index contributed by atoms with van der Waals surface area (Å²) in [5.41, 5.74) is 1.77. The van der Waals surface area contributed by atoms with E-state index in [0.717, 1.165) is 15.6 Å². The van der Waals surface area contributed by atoms with Crippen LogP contribution in [0.15, 0.2) is 34.8 Å². The highest BCUT2D eigenvalue weighted by Crippen LogP contribution is 2.36. The van der Waals surface area contributed by atoms with Crippen LogP contribution < -0.4 is 24.3 Å². The number of nitrogens with one attached hydrogen (secondary N) is 1. The summed E-state index contributed by atoms with van der Waals surface area (Å²) < 4.78 is 27.4. The van der Waals surface area contributed by atoms with Gasteiger partial charge in [0.25, 0.3) is 0 Å². The van der Waals surface area contributed by atoms with Gasteiger partial charge in [-0.3, -0.25) is 0 Å².